The highest BCUT2D eigenvalue weighted by Gasteiger charge is 2.29. The Morgan fingerprint density at radius 3 is 2.39 bits per heavy atom. The van der Waals surface area contributed by atoms with Crippen molar-refractivity contribution in [2.24, 2.45) is 0 Å². The summed E-state index contributed by atoms with van der Waals surface area (Å²) in [4.78, 5) is 30.7. The van der Waals surface area contributed by atoms with Crippen molar-refractivity contribution in [3.8, 4) is 5.75 Å². The predicted octanol–water partition coefficient (Wildman–Crippen LogP) is 2.42. The lowest BCUT2D eigenvalue weighted by Gasteiger charge is -2.36. The zero-order valence-corrected chi connectivity index (χ0v) is 18.0. The van der Waals surface area contributed by atoms with Crippen molar-refractivity contribution in [3.63, 3.8) is 0 Å². The van der Waals surface area contributed by atoms with E-state index in [1.165, 1.54) is 10.6 Å². The molecule has 0 radical (unpaired) electrons. The zero-order chi connectivity index (χ0) is 21.7. The molecule has 11 heteroatoms. The van der Waals surface area contributed by atoms with E-state index < -0.39 is 18.5 Å². The second-order valence-electron chi connectivity index (χ2n) is 7.30. The van der Waals surface area contributed by atoms with Gasteiger partial charge in [-0.15, -0.1) is 12.4 Å². The van der Waals surface area contributed by atoms with E-state index in [2.05, 4.69) is 9.88 Å². The number of hydrogen-bond acceptors (Lipinski definition) is 5. The van der Waals surface area contributed by atoms with Gasteiger partial charge in [0.05, 0.1) is 5.69 Å². The number of aryl methyl sites for hydroxylation is 1. The summed E-state index contributed by atoms with van der Waals surface area (Å²) >= 11 is 0. The highest BCUT2D eigenvalue weighted by Crippen LogP contribution is 2.30. The summed E-state index contributed by atoms with van der Waals surface area (Å²) < 4.78 is 43.6. The normalized spacial score (nSPS) is 14.9. The molecule has 0 spiro atoms. The summed E-state index contributed by atoms with van der Waals surface area (Å²) in [6, 6.07) is 8.14. The van der Waals surface area contributed by atoms with Gasteiger partial charge in [-0.3, -0.25) is 14.3 Å². The van der Waals surface area contributed by atoms with E-state index in [4.69, 9.17) is 4.74 Å². The van der Waals surface area contributed by atoms with Crippen LogP contribution in [0.2, 0.25) is 0 Å². The number of anilines is 1. The number of nitrogens with one attached hydrogen (secondary N) is 1. The molecule has 7 nitrogen and oxygen atoms in total. The molecule has 2 aromatic rings. The summed E-state index contributed by atoms with van der Waals surface area (Å²) in [5.41, 5.74) is 0.479. The van der Waals surface area contributed by atoms with Crippen LogP contribution in [-0.2, 0) is 6.54 Å². The number of halogens is 4. The second-order valence-corrected chi connectivity index (χ2v) is 7.30. The van der Waals surface area contributed by atoms with Crippen molar-refractivity contribution in [2.45, 2.75) is 26.1 Å². The molecular formula is C20H26ClF3N4O3. The number of piperazine rings is 1. The Kier molecular flexibility index (Phi) is 8.58. The molecule has 1 fully saturated rings. The number of H-pyrrole nitrogens is 1. The Hall–Kier alpha value is -2.46. The molecule has 0 aliphatic carbocycles. The summed E-state index contributed by atoms with van der Waals surface area (Å²) in [7, 11) is 0. The van der Waals surface area contributed by atoms with Crippen LogP contribution in [0.1, 0.15) is 12.1 Å². The number of aromatic amines is 1. The van der Waals surface area contributed by atoms with Crippen molar-refractivity contribution in [1.82, 2.24) is 14.5 Å². The van der Waals surface area contributed by atoms with E-state index in [9.17, 15) is 22.8 Å². The lowest BCUT2D eigenvalue weighted by atomic mass is 10.2. The number of para-hydroxylation sites is 2. The smallest absolute Gasteiger partial charge is 0.422 e. The fraction of sp³-hybridized carbons (Fsp3) is 0.500. The average molecular weight is 463 g/mol. The van der Waals surface area contributed by atoms with Crippen LogP contribution in [0.3, 0.4) is 0 Å². The number of ether oxygens (including phenoxy) is 1. The molecular weight excluding hydrogens is 437 g/mol. The van der Waals surface area contributed by atoms with Crippen LogP contribution >= 0.6 is 12.4 Å². The van der Waals surface area contributed by atoms with Crippen LogP contribution in [0.15, 0.2) is 39.9 Å². The van der Waals surface area contributed by atoms with Crippen molar-refractivity contribution in [1.29, 1.82) is 0 Å². The van der Waals surface area contributed by atoms with Crippen molar-refractivity contribution in [2.75, 3.05) is 44.2 Å². The molecule has 172 valence electrons. The first-order valence-electron chi connectivity index (χ1n) is 9.79. The molecule has 1 aliphatic rings. The Morgan fingerprint density at radius 1 is 1.06 bits per heavy atom. The van der Waals surface area contributed by atoms with Gasteiger partial charge in [-0.1, -0.05) is 12.1 Å². The summed E-state index contributed by atoms with van der Waals surface area (Å²) in [6.45, 7) is 4.16. The fourth-order valence-corrected chi connectivity index (χ4v) is 3.51. The molecule has 31 heavy (non-hydrogen) atoms. The lowest BCUT2D eigenvalue weighted by Crippen LogP contribution is -2.47. The number of alkyl halides is 3. The van der Waals surface area contributed by atoms with Gasteiger partial charge in [0, 0.05) is 44.5 Å². The third kappa shape index (κ3) is 7.03. The fourth-order valence-electron chi connectivity index (χ4n) is 3.51. The SMILES string of the molecule is Cc1cc(=O)n(CCCN2CCN(c3ccccc3OCC(F)(F)F)CC2)c(=O)[nH]1.Cl. The minimum atomic E-state index is -4.38. The van der Waals surface area contributed by atoms with Gasteiger partial charge in [-0.25, -0.2) is 4.79 Å². The summed E-state index contributed by atoms with van der Waals surface area (Å²) in [5.74, 6) is 0.223. The number of rotatable bonds is 7. The maximum absolute atomic E-state index is 12.5. The van der Waals surface area contributed by atoms with E-state index in [1.54, 1.807) is 31.2 Å². The standard InChI is InChI=1S/C20H25F3N4O3.ClH/c1-15-13-18(28)27(19(29)24-15)8-4-7-25-9-11-26(12-10-25)16-5-2-3-6-17(16)30-14-20(21,22)23;/h2-3,5-6,13H,4,7-12,14H2,1H3,(H,24,29);1H. The van der Waals surface area contributed by atoms with Crippen molar-refractivity contribution in [3.05, 3.63) is 56.9 Å². The Balaban J connectivity index is 0.00000341. The van der Waals surface area contributed by atoms with E-state index in [0.29, 0.717) is 37.4 Å². The second kappa shape index (κ2) is 10.7. The van der Waals surface area contributed by atoms with Crippen molar-refractivity contribution < 1.29 is 17.9 Å². The first-order valence-corrected chi connectivity index (χ1v) is 9.79. The quantitative estimate of drug-likeness (QED) is 0.684. The number of benzene rings is 1. The number of nitrogens with zero attached hydrogens (tertiary/aromatic N) is 3. The van der Waals surface area contributed by atoms with Gasteiger partial charge in [-0.2, -0.15) is 13.2 Å². The molecule has 0 bridgehead atoms. The zero-order valence-electron chi connectivity index (χ0n) is 17.2. The molecule has 1 aromatic heterocycles. The van der Waals surface area contributed by atoms with Crippen LogP contribution in [0.5, 0.6) is 5.75 Å². The van der Waals surface area contributed by atoms with Gasteiger partial charge in [0.2, 0.25) is 0 Å². The third-order valence-electron chi connectivity index (χ3n) is 4.98. The van der Waals surface area contributed by atoms with Crippen LogP contribution in [0.4, 0.5) is 18.9 Å². The number of aromatic nitrogens is 2. The maximum Gasteiger partial charge on any atom is 0.422 e. The highest BCUT2D eigenvalue weighted by molar-refractivity contribution is 5.85. The Labute approximate surface area is 183 Å². The largest absolute Gasteiger partial charge is 0.482 e. The van der Waals surface area contributed by atoms with Gasteiger partial charge >= 0.3 is 11.9 Å². The molecule has 0 atom stereocenters. The van der Waals surface area contributed by atoms with E-state index in [0.717, 1.165) is 19.6 Å². The van der Waals surface area contributed by atoms with Gasteiger partial charge in [0.25, 0.3) is 5.56 Å². The predicted molar refractivity (Wildman–Crippen MR) is 115 cm³/mol. The molecule has 1 saturated heterocycles. The van der Waals surface area contributed by atoms with Gasteiger partial charge < -0.3 is 14.6 Å². The molecule has 2 heterocycles. The summed E-state index contributed by atoms with van der Waals surface area (Å²) in [6.07, 6.45) is -3.73. The lowest BCUT2D eigenvalue weighted by molar-refractivity contribution is -0.153. The minimum absolute atomic E-state index is 0. The first kappa shape index (κ1) is 24.8. The van der Waals surface area contributed by atoms with E-state index >= 15 is 0 Å². The van der Waals surface area contributed by atoms with Crippen LogP contribution in [0, 0.1) is 6.92 Å². The topological polar surface area (TPSA) is 70.6 Å². The Bertz CT molecular complexity index is 938. The Morgan fingerprint density at radius 2 is 1.74 bits per heavy atom. The first-order chi connectivity index (χ1) is 14.2. The van der Waals surface area contributed by atoms with E-state index in [1.807, 2.05) is 4.90 Å². The molecule has 1 N–H and O–H groups in total. The van der Waals surface area contributed by atoms with Gasteiger partial charge in [-0.05, 0) is 32.0 Å². The summed E-state index contributed by atoms with van der Waals surface area (Å²) in [5, 5.41) is 0. The van der Waals surface area contributed by atoms with E-state index in [-0.39, 0.29) is 23.7 Å². The molecule has 0 amide bonds. The molecule has 3 rings (SSSR count). The molecule has 1 aromatic carbocycles. The van der Waals surface area contributed by atoms with Gasteiger partial charge in [0.1, 0.15) is 5.75 Å². The molecule has 0 saturated carbocycles. The maximum atomic E-state index is 12.5. The van der Waals surface area contributed by atoms with Crippen LogP contribution < -0.4 is 20.9 Å². The van der Waals surface area contributed by atoms with Crippen LogP contribution in [-0.4, -0.2) is 60.0 Å². The highest BCUT2D eigenvalue weighted by atomic mass is 35.5. The van der Waals surface area contributed by atoms with Gasteiger partial charge in [0.15, 0.2) is 6.61 Å². The minimum Gasteiger partial charge on any atom is -0.482 e. The van der Waals surface area contributed by atoms with Crippen LogP contribution in [0.25, 0.3) is 0 Å². The third-order valence-corrected chi connectivity index (χ3v) is 4.98. The molecule has 1 aliphatic heterocycles. The number of hydrogen-bond donors (Lipinski definition) is 1. The molecule has 0 unspecified atom stereocenters. The average Bonchev–Trinajstić information content (AvgIpc) is 2.68. The monoisotopic (exact) mass is 462 g/mol. The van der Waals surface area contributed by atoms with Crippen molar-refractivity contribution >= 4 is 18.1 Å².